The Morgan fingerprint density at radius 2 is 1.82 bits per heavy atom. The molecule has 17 heavy (non-hydrogen) atoms. The Morgan fingerprint density at radius 1 is 1.12 bits per heavy atom. The van der Waals surface area contributed by atoms with Gasteiger partial charge in [-0.05, 0) is 32.2 Å². The van der Waals surface area contributed by atoms with Gasteiger partial charge in [0.05, 0.1) is 6.10 Å². The van der Waals surface area contributed by atoms with Gasteiger partial charge >= 0.3 is 0 Å². The lowest BCUT2D eigenvalue weighted by Gasteiger charge is -2.21. The minimum atomic E-state index is 0.0170. The van der Waals surface area contributed by atoms with Crippen LogP contribution in [-0.4, -0.2) is 18.6 Å². The summed E-state index contributed by atoms with van der Waals surface area (Å²) >= 11 is 0. The van der Waals surface area contributed by atoms with Gasteiger partial charge in [-0.1, -0.05) is 32.1 Å². The summed E-state index contributed by atoms with van der Waals surface area (Å²) in [5, 5.41) is 0. The molecule has 1 fully saturated rings. The van der Waals surface area contributed by atoms with Crippen molar-refractivity contribution in [2.45, 2.75) is 70.3 Å². The zero-order chi connectivity index (χ0) is 12.3. The fourth-order valence-electron chi connectivity index (χ4n) is 2.17. The maximum atomic E-state index is 11.5. The fourth-order valence-corrected chi connectivity index (χ4v) is 2.17. The van der Waals surface area contributed by atoms with E-state index in [1.807, 2.05) is 0 Å². The van der Waals surface area contributed by atoms with Gasteiger partial charge in [-0.2, -0.15) is 0 Å². The van der Waals surface area contributed by atoms with Crippen LogP contribution in [0.15, 0.2) is 0 Å². The van der Waals surface area contributed by atoms with Crippen LogP contribution in [0.4, 0.5) is 0 Å². The van der Waals surface area contributed by atoms with Crippen molar-refractivity contribution in [3.05, 3.63) is 0 Å². The second kappa shape index (κ2) is 9.42. The molecule has 0 bridgehead atoms. The van der Waals surface area contributed by atoms with Crippen LogP contribution in [0.3, 0.4) is 0 Å². The first-order chi connectivity index (χ1) is 8.33. The second-order valence-electron chi connectivity index (χ2n) is 4.86. The third kappa shape index (κ3) is 7.34. The summed E-state index contributed by atoms with van der Waals surface area (Å²) in [4.78, 5) is 16.9. The molecular weight excluding hydrogens is 216 g/mol. The van der Waals surface area contributed by atoms with Gasteiger partial charge in [-0.15, -0.1) is 0 Å². The first kappa shape index (κ1) is 14.5. The third-order valence-electron chi connectivity index (χ3n) is 3.25. The zero-order valence-electron chi connectivity index (χ0n) is 10.7. The number of carbonyl (C=O) groups excluding carboxylic acids is 1. The molecule has 3 N–H and O–H groups in total. The molecule has 0 atom stereocenters. The molecular formula is C13H26N2O2. The van der Waals surface area contributed by atoms with Crippen molar-refractivity contribution in [1.29, 1.82) is 0 Å². The number of amides is 1. The van der Waals surface area contributed by atoms with Crippen LogP contribution in [0.5, 0.6) is 0 Å². The third-order valence-corrected chi connectivity index (χ3v) is 3.25. The molecule has 1 rings (SSSR count). The van der Waals surface area contributed by atoms with Crippen LogP contribution in [0.25, 0.3) is 0 Å². The summed E-state index contributed by atoms with van der Waals surface area (Å²) in [7, 11) is 0. The van der Waals surface area contributed by atoms with Crippen LogP contribution in [-0.2, 0) is 9.63 Å². The summed E-state index contributed by atoms with van der Waals surface area (Å²) in [6.07, 6.45) is 10.9. The van der Waals surface area contributed by atoms with E-state index in [0.29, 0.717) is 6.42 Å². The minimum Gasteiger partial charge on any atom is -0.330 e. The largest absolute Gasteiger partial charge is 0.330 e. The van der Waals surface area contributed by atoms with E-state index in [-0.39, 0.29) is 12.0 Å². The maximum Gasteiger partial charge on any atom is 0.243 e. The molecule has 0 unspecified atom stereocenters. The molecule has 0 aromatic rings. The number of nitrogens with one attached hydrogen (secondary N) is 1. The molecule has 0 saturated heterocycles. The van der Waals surface area contributed by atoms with Crippen LogP contribution >= 0.6 is 0 Å². The number of hydroxylamine groups is 1. The van der Waals surface area contributed by atoms with E-state index in [1.165, 1.54) is 19.3 Å². The Bertz CT molecular complexity index is 204. The second-order valence-corrected chi connectivity index (χ2v) is 4.86. The lowest BCUT2D eigenvalue weighted by atomic mass is 9.98. The predicted molar refractivity (Wildman–Crippen MR) is 68.2 cm³/mol. The average molecular weight is 242 g/mol. The number of hydrogen-bond donors (Lipinski definition) is 2. The van der Waals surface area contributed by atoms with E-state index >= 15 is 0 Å². The molecule has 0 spiro atoms. The maximum absolute atomic E-state index is 11.5. The minimum absolute atomic E-state index is 0.0170. The monoisotopic (exact) mass is 242 g/mol. The Hall–Kier alpha value is -0.610. The summed E-state index contributed by atoms with van der Waals surface area (Å²) in [6, 6.07) is 0. The Balaban J connectivity index is 1.93. The van der Waals surface area contributed by atoms with E-state index < -0.39 is 0 Å². The van der Waals surface area contributed by atoms with Gasteiger partial charge < -0.3 is 5.73 Å². The van der Waals surface area contributed by atoms with Gasteiger partial charge in [0.25, 0.3) is 0 Å². The normalized spacial score (nSPS) is 17.0. The van der Waals surface area contributed by atoms with Gasteiger partial charge in [-0.3, -0.25) is 9.63 Å². The molecule has 4 nitrogen and oxygen atoms in total. The van der Waals surface area contributed by atoms with Gasteiger partial charge in [0.1, 0.15) is 0 Å². The van der Waals surface area contributed by atoms with E-state index in [4.69, 9.17) is 10.6 Å². The highest BCUT2D eigenvalue weighted by Crippen LogP contribution is 2.19. The quantitative estimate of drug-likeness (QED) is 0.507. The number of nitrogens with two attached hydrogens (primary N) is 1. The summed E-state index contributed by atoms with van der Waals surface area (Å²) < 4.78 is 0. The van der Waals surface area contributed by atoms with Crippen molar-refractivity contribution in [2.24, 2.45) is 5.73 Å². The van der Waals surface area contributed by atoms with Crippen LogP contribution in [0.1, 0.15) is 64.2 Å². The van der Waals surface area contributed by atoms with Crippen LogP contribution in [0, 0.1) is 0 Å². The topological polar surface area (TPSA) is 64.4 Å². The average Bonchev–Trinajstić information content (AvgIpc) is 2.37. The highest BCUT2D eigenvalue weighted by molar-refractivity contribution is 5.74. The first-order valence-electron chi connectivity index (χ1n) is 6.97. The molecule has 1 amide bonds. The molecule has 100 valence electrons. The number of rotatable bonds is 8. The Kier molecular flexibility index (Phi) is 8.01. The van der Waals surface area contributed by atoms with Gasteiger partial charge in [-0.25, -0.2) is 5.48 Å². The van der Waals surface area contributed by atoms with Gasteiger partial charge in [0.15, 0.2) is 0 Å². The SMILES string of the molecule is NCCCCCCC(=O)NOC1CCCCC1. The van der Waals surface area contributed by atoms with Gasteiger partial charge in [0, 0.05) is 6.42 Å². The smallest absolute Gasteiger partial charge is 0.243 e. The molecule has 1 aliphatic rings. The van der Waals surface area contributed by atoms with Crippen molar-refractivity contribution in [3.63, 3.8) is 0 Å². The van der Waals surface area contributed by atoms with Gasteiger partial charge in [0.2, 0.25) is 5.91 Å². The number of unbranched alkanes of at least 4 members (excludes halogenated alkanes) is 3. The van der Waals surface area contributed by atoms with E-state index in [9.17, 15) is 4.79 Å². The lowest BCUT2D eigenvalue weighted by Crippen LogP contribution is -2.30. The fraction of sp³-hybridized carbons (Fsp3) is 0.923. The Morgan fingerprint density at radius 3 is 2.53 bits per heavy atom. The molecule has 0 aromatic heterocycles. The molecule has 0 heterocycles. The number of hydrogen-bond acceptors (Lipinski definition) is 3. The highest BCUT2D eigenvalue weighted by Gasteiger charge is 2.14. The summed E-state index contributed by atoms with van der Waals surface area (Å²) in [6.45, 7) is 0.747. The van der Waals surface area contributed by atoms with Crippen molar-refractivity contribution < 1.29 is 9.63 Å². The summed E-state index contributed by atoms with van der Waals surface area (Å²) in [5.74, 6) is 0.0170. The van der Waals surface area contributed by atoms with Crippen molar-refractivity contribution in [1.82, 2.24) is 5.48 Å². The highest BCUT2D eigenvalue weighted by atomic mass is 16.7. The van der Waals surface area contributed by atoms with E-state index in [0.717, 1.165) is 45.1 Å². The molecule has 1 aliphatic carbocycles. The molecule has 4 heteroatoms. The first-order valence-corrected chi connectivity index (χ1v) is 6.97. The molecule has 1 saturated carbocycles. The van der Waals surface area contributed by atoms with Crippen molar-refractivity contribution in [3.8, 4) is 0 Å². The number of carbonyl (C=O) groups is 1. The van der Waals surface area contributed by atoms with E-state index in [2.05, 4.69) is 5.48 Å². The summed E-state index contributed by atoms with van der Waals surface area (Å²) in [5.41, 5.74) is 7.98. The standard InChI is InChI=1S/C13H26N2O2/c14-11-7-2-1-6-10-13(16)15-17-12-8-4-3-5-9-12/h12H,1-11,14H2,(H,15,16). The van der Waals surface area contributed by atoms with E-state index in [1.54, 1.807) is 0 Å². The van der Waals surface area contributed by atoms with Crippen molar-refractivity contribution in [2.75, 3.05) is 6.54 Å². The molecule has 0 aromatic carbocycles. The zero-order valence-corrected chi connectivity index (χ0v) is 10.7. The van der Waals surface area contributed by atoms with Crippen LogP contribution in [0.2, 0.25) is 0 Å². The predicted octanol–water partition coefficient (Wildman–Crippen LogP) is 2.28. The van der Waals surface area contributed by atoms with Crippen LogP contribution < -0.4 is 11.2 Å². The molecule has 0 aliphatic heterocycles. The van der Waals surface area contributed by atoms with Crippen molar-refractivity contribution >= 4 is 5.91 Å². The molecule has 0 radical (unpaired) electrons. The lowest BCUT2D eigenvalue weighted by molar-refractivity contribution is -0.140. The Labute approximate surface area is 104 Å².